The molecule has 0 heterocycles. The van der Waals surface area contributed by atoms with E-state index in [2.05, 4.69) is 0 Å². The summed E-state index contributed by atoms with van der Waals surface area (Å²) in [7, 11) is 0. The Morgan fingerprint density at radius 2 is 1.80 bits per heavy atom. The Morgan fingerprint density at radius 1 is 1.27 bits per heavy atom. The Hall–Kier alpha value is -0.269. The van der Waals surface area contributed by atoms with Crippen molar-refractivity contribution in [3.05, 3.63) is 35.4 Å². The fourth-order valence-corrected chi connectivity index (χ4v) is 1.06. The van der Waals surface area contributed by atoms with Gasteiger partial charge in [0.15, 0.2) is 0 Å². The SMILES string of the molecule is CCOC(=O)c1ccccc1C(=O)O.[BaH2]. The molecule has 4 nitrogen and oxygen atoms in total. The van der Waals surface area contributed by atoms with Crippen LogP contribution in [0.5, 0.6) is 0 Å². The topological polar surface area (TPSA) is 63.6 Å². The molecule has 1 N–H and O–H groups in total. The van der Waals surface area contributed by atoms with Gasteiger partial charge in [-0.3, -0.25) is 0 Å². The molecule has 5 heteroatoms. The van der Waals surface area contributed by atoms with Crippen LogP contribution in [0.1, 0.15) is 27.6 Å². The summed E-state index contributed by atoms with van der Waals surface area (Å²) in [5, 5.41) is 8.77. The molecule has 0 aliphatic carbocycles. The van der Waals surface area contributed by atoms with Crippen LogP contribution in [0.4, 0.5) is 0 Å². The van der Waals surface area contributed by atoms with Crippen LogP contribution in [-0.4, -0.2) is 72.5 Å². The molecule has 0 radical (unpaired) electrons. The van der Waals surface area contributed by atoms with Crippen molar-refractivity contribution in [2.75, 3.05) is 6.61 Å². The number of carboxylic acids is 1. The first-order valence-electron chi connectivity index (χ1n) is 4.16. The quantitative estimate of drug-likeness (QED) is 0.651. The number of carbonyl (C=O) groups is 2. The van der Waals surface area contributed by atoms with Crippen molar-refractivity contribution in [3.63, 3.8) is 0 Å². The van der Waals surface area contributed by atoms with Crippen LogP contribution in [0.2, 0.25) is 0 Å². The van der Waals surface area contributed by atoms with E-state index in [4.69, 9.17) is 9.84 Å². The summed E-state index contributed by atoms with van der Waals surface area (Å²) in [4.78, 5) is 22.0. The molecular formula is C10H12BaO4. The fraction of sp³-hybridized carbons (Fsp3) is 0.200. The van der Waals surface area contributed by atoms with Crippen LogP contribution in [0.25, 0.3) is 0 Å². The van der Waals surface area contributed by atoms with Gasteiger partial charge in [0.05, 0.1) is 17.7 Å². The van der Waals surface area contributed by atoms with E-state index in [9.17, 15) is 9.59 Å². The average molecular weight is 334 g/mol. The fourth-order valence-electron chi connectivity index (χ4n) is 1.06. The molecule has 0 fully saturated rings. The molecular weight excluding hydrogens is 321 g/mol. The zero-order valence-corrected chi connectivity index (χ0v) is 7.69. The van der Waals surface area contributed by atoms with Gasteiger partial charge in [-0.1, -0.05) is 12.1 Å². The van der Waals surface area contributed by atoms with E-state index in [-0.39, 0.29) is 66.6 Å². The number of ether oxygens (including phenoxy) is 1. The van der Waals surface area contributed by atoms with Gasteiger partial charge in [-0.15, -0.1) is 0 Å². The minimum absolute atomic E-state index is 0. The first kappa shape index (κ1) is 14.7. The molecule has 1 rings (SSSR count). The monoisotopic (exact) mass is 334 g/mol. The summed E-state index contributed by atoms with van der Waals surface area (Å²) in [6.45, 7) is 1.90. The first-order valence-corrected chi connectivity index (χ1v) is 4.16. The van der Waals surface area contributed by atoms with E-state index in [0.29, 0.717) is 0 Å². The average Bonchev–Trinajstić information content (AvgIpc) is 2.18. The Bertz CT molecular complexity index is 362. The molecule has 0 amide bonds. The first-order chi connectivity index (χ1) is 6.66. The van der Waals surface area contributed by atoms with E-state index in [1.54, 1.807) is 19.1 Å². The number of rotatable bonds is 3. The Balaban J connectivity index is 0.00000196. The van der Waals surface area contributed by atoms with E-state index in [1.165, 1.54) is 12.1 Å². The van der Waals surface area contributed by atoms with Crippen molar-refractivity contribution in [1.82, 2.24) is 0 Å². The Morgan fingerprint density at radius 3 is 2.27 bits per heavy atom. The van der Waals surface area contributed by atoms with E-state index in [1.807, 2.05) is 0 Å². The zero-order chi connectivity index (χ0) is 10.6. The van der Waals surface area contributed by atoms with Crippen LogP contribution >= 0.6 is 0 Å². The Labute approximate surface area is 128 Å². The van der Waals surface area contributed by atoms with Gasteiger partial charge < -0.3 is 9.84 Å². The standard InChI is InChI=1S/C10H10O4.Ba.2H/c1-2-14-10(13)8-6-4-3-5-7(8)9(11)12;;;/h3-6H,2H2,1H3,(H,11,12);;;. The maximum absolute atomic E-state index is 11.3. The Kier molecular flexibility index (Phi) is 6.95. The summed E-state index contributed by atoms with van der Waals surface area (Å²) in [5.74, 6) is -1.74. The molecule has 1 aromatic rings. The molecule has 0 aromatic heterocycles. The van der Waals surface area contributed by atoms with Crippen LogP contribution < -0.4 is 0 Å². The molecule has 0 unspecified atom stereocenters. The van der Waals surface area contributed by atoms with E-state index in [0.717, 1.165) is 0 Å². The number of benzene rings is 1. The van der Waals surface area contributed by atoms with Gasteiger partial charge >= 0.3 is 60.8 Å². The summed E-state index contributed by atoms with van der Waals surface area (Å²) in [5.41, 5.74) is 0.0489. The molecule has 1 aromatic carbocycles. The van der Waals surface area contributed by atoms with Gasteiger partial charge in [-0.25, -0.2) is 9.59 Å². The number of hydrogen-bond donors (Lipinski definition) is 1. The second-order valence-corrected chi connectivity index (χ2v) is 2.57. The summed E-state index contributed by atoms with van der Waals surface area (Å²) in [6.07, 6.45) is 0. The molecule has 0 bridgehead atoms. The van der Waals surface area contributed by atoms with E-state index >= 15 is 0 Å². The summed E-state index contributed by atoms with van der Waals surface area (Å²) in [6, 6.07) is 5.96. The van der Waals surface area contributed by atoms with Crippen LogP contribution in [-0.2, 0) is 4.74 Å². The van der Waals surface area contributed by atoms with Gasteiger partial charge in [0.25, 0.3) is 0 Å². The number of carbonyl (C=O) groups excluding carboxylic acids is 1. The van der Waals surface area contributed by atoms with Crippen molar-refractivity contribution in [1.29, 1.82) is 0 Å². The molecule has 15 heavy (non-hydrogen) atoms. The molecule has 0 aliphatic rings. The third-order valence-corrected chi connectivity index (χ3v) is 1.65. The predicted octanol–water partition coefficient (Wildman–Crippen LogP) is 0.645. The molecule has 0 saturated carbocycles. The van der Waals surface area contributed by atoms with Crippen molar-refractivity contribution in [3.8, 4) is 0 Å². The second-order valence-electron chi connectivity index (χ2n) is 2.57. The number of esters is 1. The van der Waals surface area contributed by atoms with Crippen molar-refractivity contribution in [2.45, 2.75) is 6.92 Å². The van der Waals surface area contributed by atoms with E-state index < -0.39 is 11.9 Å². The number of carboxylic acid groups (broad SMARTS) is 1. The summed E-state index contributed by atoms with van der Waals surface area (Å²) >= 11 is 0. The molecule has 0 aliphatic heterocycles. The van der Waals surface area contributed by atoms with Crippen LogP contribution in [0.3, 0.4) is 0 Å². The van der Waals surface area contributed by atoms with Gasteiger partial charge in [-0.05, 0) is 19.1 Å². The maximum atomic E-state index is 11.3. The summed E-state index contributed by atoms with van der Waals surface area (Å²) < 4.78 is 4.72. The van der Waals surface area contributed by atoms with Crippen LogP contribution in [0, 0.1) is 0 Å². The van der Waals surface area contributed by atoms with Gasteiger partial charge in [0.2, 0.25) is 0 Å². The van der Waals surface area contributed by atoms with Crippen LogP contribution in [0.15, 0.2) is 24.3 Å². The van der Waals surface area contributed by atoms with Gasteiger partial charge in [0, 0.05) is 0 Å². The van der Waals surface area contributed by atoms with Crippen molar-refractivity contribution < 1.29 is 19.4 Å². The molecule has 0 spiro atoms. The normalized spacial score (nSPS) is 8.87. The van der Waals surface area contributed by atoms with Crippen molar-refractivity contribution >= 4 is 60.8 Å². The molecule has 0 atom stereocenters. The van der Waals surface area contributed by atoms with Gasteiger partial charge in [0.1, 0.15) is 0 Å². The third-order valence-electron chi connectivity index (χ3n) is 1.65. The van der Waals surface area contributed by atoms with Crippen molar-refractivity contribution in [2.24, 2.45) is 0 Å². The second kappa shape index (κ2) is 7.08. The predicted molar refractivity (Wildman–Crippen MR) is 57.9 cm³/mol. The third kappa shape index (κ3) is 4.00. The zero-order valence-electron chi connectivity index (χ0n) is 7.69. The minimum atomic E-state index is -1.13. The van der Waals surface area contributed by atoms with Gasteiger partial charge in [-0.2, -0.15) is 0 Å². The molecule has 78 valence electrons. The number of hydrogen-bond acceptors (Lipinski definition) is 3. The molecule has 0 saturated heterocycles. The number of aromatic carboxylic acids is 1.